The lowest BCUT2D eigenvalue weighted by molar-refractivity contribution is -0.135. The SMILES string of the molecule is Cc1cccc(CONC(=O)CCCOCc2ccccc2)n1. The van der Waals surface area contributed by atoms with Gasteiger partial charge in [0.05, 0.1) is 12.3 Å². The number of carbonyl (C=O) groups excluding carboxylic acids is 1. The Labute approximate surface area is 136 Å². The van der Waals surface area contributed by atoms with Crippen LogP contribution in [0.3, 0.4) is 0 Å². The lowest BCUT2D eigenvalue weighted by atomic mass is 10.2. The first-order chi connectivity index (χ1) is 11.2. The molecule has 0 saturated carbocycles. The van der Waals surface area contributed by atoms with Crippen LogP contribution in [-0.4, -0.2) is 17.5 Å². The number of carbonyl (C=O) groups is 1. The molecule has 5 heteroatoms. The highest BCUT2D eigenvalue weighted by atomic mass is 16.6. The van der Waals surface area contributed by atoms with Gasteiger partial charge in [-0.2, -0.15) is 0 Å². The molecule has 1 aromatic heterocycles. The fourth-order valence-corrected chi connectivity index (χ4v) is 2.02. The lowest BCUT2D eigenvalue weighted by Gasteiger charge is -2.07. The second kappa shape index (κ2) is 9.71. The van der Waals surface area contributed by atoms with Crippen LogP contribution in [0.15, 0.2) is 48.5 Å². The van der Waals surface area contributed by atoms with Crippen LogP contribution in [0.1, 0.15) is 29.8 Å². The standard InChI is InChI=1S/C18H22N2O3/c1-15-7-5-10-17(19-15)14-23-20-18(21)11-6-12-22-13-16-8-3-2-4-9-16/h2-5,7-10H,6,11-14H2,1H3,(H,20,21). The minimum atomic E-state index is -0.152. The number of rotatable bonds is 9. The number of amides is 1. The Bertz CT molecular complexity index is 602. The number of aryl methyl sites for hydroxylation is 1. The predicted molar refractivity (Wildman–Crippen MR) is 87.2 cm³/mol. The van der Waals surface area contributed by atoms with Gasteiger partial charge in [-0.25, -0.2) is 5.48 Å². The van der Waals surface area contributed by atoms with Gasteiger partial charge in [-0.05, 0) is 31.0 Å². The summed E-state index contributed by atoms with van der Waals surface area (Å²) in [5.41, 5.74) is 5.27. The second-order valence-electron chi connectivity index (χ2n) is 5.23. The van der Waals surface area contributed by atoms with Crippen LogP contribution in [0.4, 0.5) is 0 Å². The van der Waals surface area contributed by atoms with Gasteiger partial charge in [0.25, 0.3) is 0 Å². The van der Waals surface area contributed by atoms with E-state index >= 15 is 0 Å². The predicted octanol–water partition coefficient (Wildman–Crippen LogP) is 2.93. The zero-order chi connectivity index (χ0) is 16.3. The molecule has 1 N–H and O–H groups in total. The highest BCUT2D eigenvalue weighted by molar-refractivity contribution is 5.74. The summed E-state index contributed by atoms with van der Waals surface area (Å²) in [6.45, 7) is 3.29. The summed E-state index contributed by atoms with van der Waals surface area (Å²) in [5.74, 6) is -0.152. The van der Waals surface area contributed by atoms with Crippen molar-refractivity contribution in [1.29, 1.82) is 0 Å². The van der Waals surface area contributed by atoms with Gasteiger partial charge in [0, 0.05) is 18.7 Å². The minimum Gasteiger partial charge on any atom is -0.377 e. The Morgan fingerprint density at radius 1 is 1.09 bits per heavy atom. The number of pyridine rings is 1. The molecule has 1 heterocycles. The Hall–Kier alpha value is -2.24. The van der Waals surface area contributed by atoms with Crippen molar-refractivity contribution in [3.05, 3.63) is 65.5 Å². The summed E-state index contributed by atoms with van der Waals surface area (Å²) in [6.07, 6.45) is 1.03. The van der Waals surface area contributed by atoms with E-state index in [1.54, 1.807) is 0 Å². The van der Waals surface area contributed by atoms with Gasteiger partial charge in [-0.3, -0.25) is 14.6 Å². The number of benzene rings is 1. The summed E-state index contributed by atoms with van der Waals surface area (Å²) < 4.78 is 5.53. The molecule has 0 aliphatic heterocycles. The average Bonchev–Trinajstić information content (AvgIpc) is 2.55. The van der Waals surface area contributed by atoms with Crippen LogP contribution < -0.4 is 5.48 Å². The molecule has 0 unspecified atom stereocenters. The molecule has 1 aromatic carbocycles. The van der Waals surface area contributed by atoms with Gasteiger partial charge in [0.2, 0.25) is 5.91 Å². The van der Waals surface area contributed by atoms with E-state index < -0.39 is 0 Å². The van der Waals surface area contributed by atoms with Crippen molar-refractivity contribution in [3.8, 4) is 0 Å². The van der Waals surface area contributed by atoms with Gasteiger partial charge in [-0.15, -0.1) is 0 Å². The van der Waals surface area contributed by atoms with Crippen LogP contribution >= 0.6 is 0 Å². The maximum absolute atomic E-state index is 11.6. The zero-order valence-corrected chi connectivity index (χ0v) is 13.3. The van der Waals surface area contributed by atoms with E-state index in [1.165, 1.54) is 0 Å². The summed E-state index contributed by atoms with van der Waals surface area (Å²) in [5, 5.41) is 0. The molecule has 0 bridgehead atoms. The molecular weight excluding hydrogens is 292 g/mol. The largest absolute Gasteiger partial charge is 0.377 e. The molecule has 2 aromatic rings. The van der Waals surface area contributed by atoms with E-state index in [0.29, 0.717) is 26.1 Å². The van der Waals surface area contributed by atoms with Gasteiger partial charge in [0.15, 0.2) is 0 Å². The lowest BCUT2D eigenvalue weighted by Crippen LogP contribution is -2.23. The Balaban J connectivity index is 1.52. The number of hydrogen-bond donors (Lipinski definition) is 1. The smallest absolute Gasteiger partial charge is 0.243 e. The molecule has 0 radical (unpaired) electrons. The van der Waals surface area contributed by atoms with Crippen LogP contribution in [0, 0.1) is 6.92 Å². The van der Waals surface area contributed by atoms with Crippen molar-refractivity contribution in [3.63, 3.8) is 0 Å². The fraction of sp³-hybridized carbons (Fsp3) is 0.333. The molecule has 5 nitrogen and oxygen atoms in total. The first-order valence-electron chi connectivity index (χ1n) is 7.69. The van der Waals surface area contributed by atoms with Crippen molar-refractivity contribution < 1.29 is 14.4 Å². The summed E-state index contributed by atoms with van der Waals surface area (Å²) in [4.78, 5) is 21.1. The van der Waals surface area contributed by atoms with Crippen molar-refractivity contribution in [2.24, 2.45) is 0 Å². The Kier molecular flexibility index (Phi) is 7.23. The van der Waals surface area contributed by atoms with Crippen LogP contribution in [0.5, 0.6) is 0 Å². The molecule has 0 saturated heterocycles. The number of aromatic nitrogens is 1. The molecule has 1 amide bonds. The Morgan fingerprint density at radius 3 is 2.70 bits per heavy atom. The van der Waals surface area contributed by atoms with Crippen molar-refractivity contribution in [1.82, 2.24) is 10.5 Å². The summed E-state index contributed by atoms with van der Waals surface area (Å²) in [7, 11) is 0. The molecule has 0 fully saturated rings. The van der Waals surface area contributed by atoms with Crippen LogP contribution in [-0.2, 0) is 27.6 Å². The molecule has 0 atom stereocenters. The van der Waals surface area contributed by atoms with Gasteiger partial charge in [-0.1, -0.05) is 36.4 Å². The minimum absolute atomic E-state index is 0.152. The number of hydrogen-bond acceptors (Lipinski definition) is 4. The third-order valence-corrected chi connectivity index (χ3v) is 3.16. The first-order valence-corrected chi connectivity index (χ1v) is 7.69. The third-order valence-electron chi connectivity index (χ3n) is 3.16. The highest BCUT2D eigenvalue weighted by Crippen LogP contribution is 2.02. The van der Waals surface area contributed by atoms with Gasteiger partial charge in [0.1, 0.15) is 6.61 Å². The average molecular weight is 314 g/mol. The van der Waals surface area contributed by atoms with Crippen molar-refractivity contribution >= 4 is 5.91 Å². The summed E-state index contributed by atoms with van der Waals surface area (Å²) >= 11 is 0. The van der Waals surface area contributed by atoms with E-state index in [9.17, 15) is 4.79 Å². The fourth-order valence-electron chi connectivity index (χ4n) is 2.02. The second-order valence-corrected chi connectivity index (χ2v) is 5.23. The number of ether oxygens (including phenoxy) is 1. The van der Waals surface area contributed by atoms with E-state index in [2.05, 4.69) is 10.5 Å². The molecule has 2 rings (SSSR count). The monoisotopic (exact) mass is 314 g/mol. The molecular formula is C18H22N2O3. The normalized spacial score (nSPS) is 10.5. The first kappa shape index (κ1) is 17.1. The highest BCUT2D eigenvalue weighted by Gasteiger charge is 2.02. The van der Waals surface area contributed by atoms with Crippen molar-refractivity contribution in [2.45, 2.75) is 33.0 Å². The molecule has 122 valence electrons. The maximum atomic E-state index is 11.6. The topological polar surface area (TPSA) is 60.5 Å². The summed E-state index contributed by atoms with van der Waals surface area (Å²) in [6, 6.07) is 15.6. The van der Waals surface area contributed by atoms with E-state index in [4.69, 9.17) is 9.57 Å². The van der Waals surface area contributed by atoms with E-state index in [1.807, 2.05) is 55.5 Å². The van der Waals surface area contributed by atoms with Crippen molar-refractivity contribution in [2.75, 3.05) is 6.61 Å². The maximum Gasteiger partial charge on any atom is 0.243 e. The molecule has 0 aliphatic rings. The van der Waals surface area contributed by atoms with Crippen LogP contribution in [0.2, 0.25) is 0 Å². The number of hydroxylamine groups is 1. The molecule has 0 spiro atoms. The molecule has 23 heavy (non-hydrogen) atoms. The number of nitrogens with zero attached hydrogens (tertiary/aromatic N) is 1. The quantitative estimate of drug-likeness (QED) is 0.571. The van der Waals surface area contributed by atoms with E-state index in [-0.39, 0.29) is 12.5 Å². The zero-order valence-electron chi connectivity index (χ0n) is 13.3. The number of nitrogens with one attached hydrogen (secondary N) is 1. The van der Waals surface area contributed by atoms with E-state index in [0.717, 1.165) is 17.0 Å². The van der Waals surface area contributed by atoms with Crippen LogP contribution in [0.25, 0.3) is 0 Å². The molecule has 0 aliphatic carbocycles. The third kappa shape index (κ3) is 7.04. The van der Waals surface area contributed by atoms with Gasteiger partial charge >= 0.3 is 0 Å². The Morgan fingerprint density at radius 2 is 1.91 bits per heavy atom. The van der Waals surface area contributed by atoms with Gasteiger partial charge < -0.3 is 4.74 Å².